The Balaban J connectivity index is 1.65. The van der Waals surface area contributed by atoms with E-state index < -0.39 is 0 Å². The predicted molar refractivity (Wildman–Crippen MR) is 103 cm³/mol. The Labute approximate surface area is 159 Å². The van der Waals surface area contributed by atoms with E-state index in [-0.39, 0.29) is 0 Å². The molecule has 3 nitrogen and oxygen atoms in total. The molecule has 0 spiro atoms. The molecule has 1 fully saturated rings. The third-order valence-corrected chi connectivity index (χ3v) is 5.32. The van der Waals surface area contributed by atoms with Gasteiger partial charge in [0.25, 0.3) is 0 Å². The quantitative estimate of drug-likeness (QED) is 0.677. The lowest BCUT2D eigenvalue weighted by Crippen LogP contribution is -2.25. The molecule has 2 aromatic rings. The Morgan fingerprint density at radius 3 is 2.44 bits per heavy atom. The van der Waals surface area contributed by atoms with E-state index in [4.69, 9.17) is 32.7 Å². The first-order valence-electron chi connectivity index (χ1n) is 8.63. The summed E-state index contributed by atoms with van der Waals surface area (Å²) < 4.78 is 11.4. The SMILES string of the molecule is COc1cc(CNC2CCCC2)ccc1OCc1c(Cl)cccc1Cl. The van der Waals surface area contributed by atoms with Crippen LogP contribution in [0.3, 0.4) is 0 Å². The number of rotatable bonds is 7. The molecule has 5 heteroatoms. The Morgan fingerprint density at radius 1 is 1.04 bits per heavy atom. The summed E-state index contributed by atoms with van der Waals surface area (Å²) >= 11 is 12.4. The molecule has 25 heavy (non-hydrogen) atoms. The van der Waals surface area contributed by atoms with Crippen molar-refractivity contribution in [3.05, 3.63) is 57.6 Å². The number of hydrogen-bond acceptors (Lipinski definition) is 3. The monoisotopic (exact) mass is 379 g/mol. The fourth-order valence-electron chi connectivity index (χ4n) is 3.15. The number of nitrogens with one attached hydrogen (secondary N) is 1. The van der Waals surface area contributed by atoms with E-state index >= 15 is 0 Å². The Morgan fingerprint density at radius 2 is 1.76 bits per heavy atom. The molecule has 0 saturated heterocycles. The van der Waals surface area contributed by atoms with Gasteiger partial charge in [-0.3, -0.25) is 0 Å². The van der Waals surface area contributed by atoms with Crippen LogP contribution in [0.1, 0.15) is 36.8 Å². The van der Waals surface area contributed by atoms with Crippen molar-refractivity contribution in [2.24, 2.45) is 0 Å². The van der Waals surface area contributed by atoms with Gasteiger partial charge in [0.15, 0.2) is 11.5 Å². The zero-order valence-electron chi connectivity index (χ0n) is 14.4. The second-order valence-corrected chi connectivity index (χ2v) is 7.15. The van der Waals surface area contributed by atoms with E-state index in [9.17, 15) is 0 Å². The lowest BCUT2D eigenvalue weighted by molar-refractivity contribution is 0.284. The summed E-state index contributed by atoms with van der Waals surface area (Å²) in [4.78, 5) is 0. The van der Waals surface area contributed by atoms with E-state index in [1.54, 1.807) is 19.2 Å². The van der Waals surface area contributed by atoms with Gasteiger partial charge in [-0.25, -0.2) is 0 Å². The highest BCUT2D eigenvalue weighted by Crippen LogP contribution is 2.31. The predicted octanol–water partition coefficient (Wildman–Crippen LogP) is 5.61. The fourth-order valence-corrected chi connectivity index (χ4v) is 3.66. The van der Waals surface area contributed by atoms with E-state index in [2.05, 4.69) is 11.4 Å². The molecule has 0 heterocycles. The lowest BCUT2D eigenvalue weighted by atomic mass is 10.1. The van der Waals surface area contributed by atoms with Gasteiger partial charge in [-0.15, -0.1) is 0 Å². The minimum Gasteiger partial charge on any atom is -0.493 e. The fraction of sp³-hybridized carbons (Fsp3) is 0.400. The average molecular weight is 380 g/mol. The van der Waals surface area contributed by atoms with Crippen LogP contribution in [0.4, 0.5) is 0 Å². The number of hydrogen-bond donors (Lipinski definition) is 1. The van der Waals surface area contributed by atoms with E-state index in [1.165, 1.54) is 31.2 Å². The summed E-state index contributed by atoms with van der Waals surface area (Å²) in [5.74, 6) is 1.40. The maximum absolute atomic E-state index is 6.19. The molecule has 1 aliphatic rings. The smallest absolute Gasteiger partial charge is 0.161 e. The van der Waals surface area contributed by atoms with Crippen molar-refractivity contribution in [3.63, 3.8) is 0 Å². The van der Waals surface area contributed by atoms with Crippen LogP contribution < -0.4 is 14.8 Å². The van der Waals surface area contributed by atoms with E-state index in [0.717, 1.165) is 12.1 Å². The molecule has 0 amide bonds. The van der Waals surface area contributed by atoms with Gasteiger partial charge in [0.2, 0.25) is 0 Å². The molecule has 1 N–H and O–H groups in total. The molecule has 1 aliphatic carbocycles. The summed E-state index contributed by atoms with van der Waals surface area (Å²) in [5.41, 5.74) is 1.96. The van der Waals surface area contributed by atoms with Gasteiger partial charge in [-0.1, -0.05) is 48.2 Å². The minimum atomic E-state index is 0.300. The molecule has 0 atom stereocenters. The van der Waals surface area contributed by atoms with Crippen LogP contribution in [0.15, 0.2) is 36.4 Å². The molecular formula is C20H23Cl2NO2. The Bertz CT molecular complexity index is 695. The van der Waals surface area contributed by atoms with Crippen molar-refractivity contribution < 1.29 is 9.47 Å². The lowest BCUT2D eigenvalue weighted by Gasteiger charge is -2.15. The van der Waals surface area contributed by atoms with Crippen molar-refractivity contribution in [1.82, 2.24) is 5.32 Å². The second-order valence-electron chi connectivity index (χ2n) is 6.34. The van der Waals surface area contributed by atoms with Crippen molar-refractivity contribution in [3.8, 4) is 11.5 Å². The number of methoxy groups -OCH3 is 1. The zero-order chi connectivity index (χ0) is 17.6. The summed E-state index contributed by atoms with van der Waals surface area (Å²) in [6.45, 7) is 1.15. The standard InChI is InChI=1S/C20H23Cl2NO2/c1-24-20-11-14(12-23-15-5-2-3-6-15)9-10-19(20)25-13-16-17(21)7-4-8-18(16)22/h4,7-11,15,23H,2-3,5-6,12-13H2,1H3. The summed E-state index contributed by atoms with van der Waals surface area (Å²) in [5, 5.41) is 4.81. The Kier molecular flexibility index (Phi) is 6.46. The van der Waals surface area contributed by atoms with Gasteiger partial charge >= 0.3 is 0 Å². The van der Waals surface area contributed by atoms with Gasteiger partial charge in [0, 0.05) is 28.2 Å². The molecule has 0 bridgehead atoms. The molecular weight excluding hydrogens is 357 g/mol. The molecule has 0 aliphatic heterocycles. The van der Waals surface area contributed by atoms with Gasteiger partial charge in [-0.05, 0) is 42.7 Å². The number of benzene rings is 2. The maximum atomic E-state index is 6.19. The second kappa shape index (κ2) is 8.79. The molecule has 3 rings (SSSR count). The van der Waals surface area contributed by atoms with Crippen molar-refractivity contribution in [1.29, 1.82) is 0 Å². The van der Waals surface area contributed by atoms with Crippen LogP contribution >= 0.6 is 23.2 Å². The summed E-state index contributed by atoms with van der Waals surface area (Å²) in [6, 6.07) is 12.1. The molecule has 134 valence electrons. The Hall–Kier alpha value is -1.42. The highest BCUT2D eigenvalue weighted by atomic mass is 35.5. The van der Waals surface area contributed by atoms with Crippen LogP contribution in [0.25, 0.3) is 0 Å². The van der Waals surface area contributed by atoms with Crippen LogP contribution in [0.2, 0.25) is 10.0 Å². The summed E-state index contributed by atoms with van der Waals surface area (Å²) in [6.07, 6.45) is 5.21. The van der Waals surface area contributed by atoms with Gasteiger partial charge < -0.3 is 14.8 Å². The first-order valence-corrected chi connectivity index (χ1v) is 9.39. The normalized spacial score (nSPS) is 14.7. The van der Waals surface area contributed by atoms with Crippen molar-refractivity contribution in [2.45, 2.75) is 44.9 Å². The van der Waals surface area contributed by atoms with E-state index in [0.29, 0.717) is 34.2 Å². The minimum absolute atomic E-state index is 0.300. The van der Waals surface area contributed by atoms with Crippen molar-refractivity contribution in [2.75, 3.05) is 7.11 Å². The number of ether oxygens (including phenoxy) is 2. The number of halogens is 2. The first kappa shape index (κ1) is 18.4. The topological polar surface area (TPSA) is 30.5 Å². The van der Waals surface area contributed by atoms with Gasteiger partial charge in [0.1, 0.15) is 6.61 Å². The maximum Gasteiger partial charge on any atom is 0.161 e. The first-order chi connectivity index (χ1) is 12.2. The highest BCUT2D eigenvalue weighted by Gasteiger charge is 2.15. The van der Waals surface area contributed by atoms with Gasteiger partial charge in [0.05, 0.1) is 7.11 Å². The third-order valence-electron chi connectivity index (χ3n) is 4.61. The van der Waals surface area contributed by atoms with Crippen LogP contribution in [0.5, 0.6) is 11.5 Å². The molecule has 0 aromatic heterocycles. The largest absolute Gasteiger partial charge is 0.493 e. The van der Waals surface area contributed by atoms with E-state index in [1.807, 2.05) is 18.2 Å². The molecule has 0 radical (unpaired) electrons. The zero-order valence-corrected chi connectivity index (χ0v) is 15.9. The molecule has 1 saturated carbocycles. The highest BCUT2D eigenvalue weighted by molar-refractivity contribution is 6.35. The van der Waals surface area contributed by atoms with Crippen LogP contribution in [-0.2, 0) is 13.2 Å². The molecule has 0 unspecified atom stereocenters. The third kappa shape index (κ3) is 4.81. The summed E-state index contributed by atoms with van der Waals surface area (Å²) in [7, 11) is 1.65. The van der Waals surface area contributed by atoms with Crippen molar-refractivity contribution >= 4 is 23.2 Å². The van der Waals surface area contributed by atoms with Crippen LogP contribution in [0, 0.1) is 0 Å². The molecule has 2 aromatic carbocycles. The van der Waals surface area contributed by atoms with Crippen LogP contribution in [-0.4, -0.2) is 13.2 Å². The average Bonchev–Trinajstić information content (AvgIpc) is 3.13. The van der Waals surface area contributed by atoms with Gasteiger partial charge in [-0.2, -0.15) is 0 Å².